The Bertz CT molecular complexity index is 709. The van der Waals surface area contributed by atoms with Gasteiger partial charge in [0.25, 0.3) is 11.8 Å². The van der Waals surface area contributed by atoms with Gasteiger partial charge in [0, 0.05) is 17.7 Å². The summed E-state index contributed by atoms with van der Waals surface area (Å²) in [5.41, 5.74) is -0.537. The normalized spacial score (nSPS) is 17.2. The maximum absolute atomic E-state index is 12.8. The predicted octanol–water partition coefficient (Wildman–Crippen LogP) is 2.81. The molecule has 23 heavy (non-hydrogen) atoms. The van der Waals surface area contributed by atoms with Crippen molar-refractivity contribution in [2.45, 2.75) is 12.3 Å². The van der Waals surface area contributed by atoms with Gasteiger partial charge in [0.1, 0.15) is 5.75 Å². The monoisotopic (exact) mass is 329 g/mol. The van der Waals surface area contributed by atoms with Gasteiger partial charge in [-0.15, -0.1) is 0 Å². The van der Waals surface area contributed by atoms with Gasteiger partial charge in [-0.2, -0.15) is 13.2 Å². The van der Waals surface area contributed by atoms with Gasteiger partial charge in [0.2, 0.25) is 0 Å². The molecule has 0 saturated carbocycles. The summed E-state index contributed by atoms with van der Waals surface area (Å²) in [5, 5.41) is 10.8. The molecule has 1 aromatic rings. The molecule has 122 valence electrons. The second-order valence-electron chi connectivity index (χ2n) is 4.52. The Morgan fingerprint density at radius 2 is 2.13 bits per heavy atom. The van der Waals surface area contributed by atoms with E-state index in [9.17, 15) is 28.1 Å². The van der Waals surface area contributed by atoms with Crippen LogP contribution in [0.15, 0.2) is 30.0 Å². The van der Waals surface area contributed by atoms with Crippen LogP contribution in [0, 0.1) is 10.1 Å². The molecule has 2 rings (SSSR count). The third-order valence-corrected chi connectivity index (χ3v) is 2.97. The Labute approximate surface area is 128 Å². The van der Waals surface area contributed by atoms with E-state index in [-0.39, 0.29) is 11.3 Å². The molecule has 0 aromatic heterocycles. The van der Waals surface area contributed by atoms with Crippen molar-refractivity contribution in [3.05, 3.63) is 51.2 Å². The smallest absolute Gasteiger partial charge is 0.436 e. The molecule has 1 aliphatic heterocycles. The zero-order valence-corrected chi connectivity index (χ0v) is 11.7. The van der Waals surface area contributed by atoms with E-state index in [4.69, 9.17) is 4.74 Å². The zero-order chi connectivity index (χ0) is 17.2. The van der Waals surface area contributed by atoms with Gasteiger partial charge in [0.05, 0.1) is 12.0 Å². The summed E-state index contributed by atoms with van der Waals surface area (Å²) in [5.74, 6) is -0.745. The number of hydrogen-bond acceptors (Lipinski definition) is 5. The van der Waals surface area contributed by atoms with E-state index in [0.29, 0.717) is 5.56 Å². The first-order chi connectivity index (χ1) is 10.7. The van der Waals surface area contributed by atoms with E-state index in [0.717, 1.165) is 12.2 Å². The Kier molecular flexibility index (Phi) is 4.39. The predicted molar refractivity (Wildman–Crippen MR) is 72.9 cm³/mol. The van der Waals surface area contributed by atoms with Crippen LogP contribution in [0.3, 0.4) is 0 Å². The van der Waals surface area contributed by atoms with E-state index in [1.165, 1.54) is 31.4 Å². The van der Waals surface area contributed by atoms with Crippen LogP contribution < -0.4 is 4.74 Å². The highest BCUT2D eigenvalue weighted by Gasteiger charge is 2.51. The highest BCUT2D eigenvalue weighted by atomic mass is 19.4. The Hall–Kier alpha value is -2.84. The lowest BCUT2D eigenvalue weighted by molar-refractivity contribution is -0.443. The number of esters is 1. The topological polar surface area (TPSA) is 78.7 Å². The highest BCUT2D eigenvalue weighted by Crippen LogP contribution is 2.37. The average molecular weight is 329 g/mol. The minimum atomic E-state index is -4.90. The zero-order valence-electron chi connectivity index (χ0n) is 11.7. The summed E-state index contributed by atoms with van der Waals surface area (Å²) in [7, 11) is 1.19. The number of carbonyl (C=O) groups is 1. The molecular weight excluding hydrogens is 319 g/mol. The molecule has 1 heterocycles. The fourth-order valence-electron chi connectivity index (χ4n) is 1.93. The van der Waals surface area contributed by atoms with Gasteiger partial charge in [-0.25, -0.2) is 4.79 Å². The molecule has 0 amide bonds. The summed E-state index contributed by atoms with van der Waals surface area (Å²) in [4.78, 5) is 20.7. The molecule has 0 radical (unpaired) electrons. The van der Waals surface area contributed by atoms with Gasteiger partial charge < -0.3 is 9.47 Å². The Balaban J connectivity index is 2.41. The van der Waals surface area contributed by atoms with Crippen LogP contribution in [-0.4, -0.2) is 30.3 Å². The number of nitro groups is 1. The second kappa shape index (κ2) is 6.11. The summed E-state index contributed by atoms with van der Waals surface area (Å²) in [6.07, 6.45) is -4.24. The Morgan fingerprint density at radius 3 is 2.70 bits per heavy atom. The molecule has 0 N–H and O–H groups in total. The van der Waals surface area contributed by atoms with E-state index < -0.39 is 28.9 Å². The molecule has 0 fully saturated rings. The van der Waals surface area contributed by atoms with Gasteiger partial charge in [-0.05, 0) is 23.8 Å². The van der Waals surface area contributed by atoms with Crippen molar-refractivity contribution in [2.24, 2.45) is 0 Å². The standard InChI is InChI=1S/C14H10F3NO5/c1-22-12(19)5-3-8-2-4-11-9(6-8)7-10(18(20)21)13(23-11)14(15,16)17/h2-7,13H,1H3/b5-3+. The SMILES string of the molecule is COC(=O)/C=C/c1ccc2c(c1)C=C([N+](=O)[O-])C(C(F)(F)F)O2. The van der Waals surface area contributed by atoms with E-state index in [2.05, 4.69) is 4.74 Å². The van der Waals surface area contributed by atoms with Crippen molar-refractivity contribution in [1.29, 1.82) is 0 Å². The molecular formula is C14H10F3NO5. The first-order valence-electron chi connectivity index (χ1n) is 6.22. The lowest BCUT2D eigenvalue weighted by Gasteiger charge is -2.24. The van der Waals surface area contributed by atoms with Crippen LogP contribution in [0.4, 0.5) is 13.2 Å². The Morgan fingerprint density at radius 1 is 1.43 bits per heavy atom. The van der Waals surface area contributed by atoms with Crippen LogP contribution in [0.25, 0.3) is 12.2 Å². The number of hydrogen-bond donors (Lipinski definition) is 0. The van der Waals surface area contributed by atoms with Crippen LogP contribution in [0.2, 0.25) is 0 Å². The van der Waals surface area contributed by atoms with Crippen molar-refractivity contribution in [1.82, 2.24) is 0 Å². The highest BCUT2D eigenvalue weighted by molar-refractivity contribution is 5.87. The third kappa shape index (κ3) is 3.68. The average Bonchev–Trinajstić information content (AvgIpc) is 2.49. The number of carbonyl (C=O) groups excluding carboxylic acids is 1. The van der Waals surface area contributed by atoms with Crippen LogP contribution >= 0.6 is 0 Å². The lowest BCUT2D eigenvalue weighted by atomic mass is 10.0. The van der Waals surface area contributed by atoms with Crippen LogP contribution in [0.5, 0.6) is 5.75 Å². The van der Waals surface area contributed by atoms with E-state index in [1.54, 1.807) is 0 Å². The number of halogens is 3. The molecule has 1 atom stereocenters. The maximum Gasteiger partial charge on any atom is 0.436 e. The molecule has 0 spiro atoms. The molecule has 1 aliphatic rings. The first kappa shape index (κ1) is 16.5. The minimum Gasteiger partial charge on any atom is -0.469 e. The molecule has 1 aromatic carbocycles. The first-order valence-corrected chi connectivity index (χ1v) is 6.22. The summed E-state index contributed by atoms with van der Waals surface area (Å²) in [6.45, 7) is 0. The van der Waals surface area contributed by atoms with Crippen LogP contribution in [0.1, 0.15) is 11.1 Å². The summed E-state index contributed by atoms with van der Waals surface area (Å²) in [6, 6.07) is 4.03. The number of fused-ring (bicyclic) bond motifs is 1. The van der Waals surface area contributed by atoms with Crippen molar-refractivity contribution in [3.8, 4) is 5.75 Å². The lowest BCUT2D eigenvalue weighted by Crippen LogP contribution is -2.40. The fourth-order valence-corrected chi connectivity index (χ4v) is 1.93. The quantitative estimate of drug-likeness (QED) is 0.369. The third-order valence-electron chi connectivity index (χ3n) is 2.97. The number of methoxy groups -OCH3 is 1. The van der Waals surface area contributed by atoms with E-state index >= 15 is 0 Å². The number of benzene rings is 1. The maximum atomic E-state index is 12.8. The van der Waals surface area contributed by atoms with Crippen molar-refractivity contribution < 1.29 is 32.4 Å². The molecule has 9 heteroatoms. The van der Waals surface area contributed by atoms with Crippen molar-refractivity contribution in [2.75, 3.05) is 7.11 Å². The van der Waals surface area contributed by atoms with Gasteiger partial charge >= 0.3 is 12.1 Å². The minimum absolute atomic E-state index is 0.115. The molecule has 6 nitrogen and oxygen atoms in total. The number of nitrogens with zero attached hydrogens (tertiary/aromatic N) is 1. The van der Waals surface area contributed by atoms with Gasteiger partial charge in [0.15, 0.2) is 0 Å². The molecule has 0 aliphatic carbocycles. The van der Waals surface area contributed by atoms with Gasteiger partial charge in [-0.1, -0.05) is 6.07 Å². The largest absolute Gasteiger partial charge is 0.469 e. The van der Waals surface area contributed by atoms with Crippen molar-refractivity contribution in [3.63, 3.8) is 0 Å². The number of rotatable bonds is 3. The van der Waals surface area contributed by atoms with Crippen LogP contribution in [-0.2, 0) is 9.53 Å². The molecule has 0 saturated heterocycles. The fraction of sp³-hybridized carbons (Fsp3) is 0.214. The van der Waals surface area contributed by atoms with Crippen molar-refractivity contribution >= 4 is 18.1 Å². The van der Waals surface area contributed by atoms with Gasteiger partial charge in [-0.3, -0.25) is 10.1 Å². The molecule has 1 unspecified atom stereocenters. The molecule has 0 bridgehead atoms. The number of alkyl halides is 3. The summed E-state index contributed by atoms with van der Waals surface area (Å²) < 4.78 is 47.7. The summed E-state index contributed by atoms with van der Waals surface area (Å²) >= 11 is 0. The second-order valence-corrected chi connectivity index (χ2v) is 4.52. The number of ether oxygens (including phenoxy) is 2. The van der Waals surface area contributed by atoms with E-state index in [1.807, 2.05) is 0 Å².